The first kappa shape index (κ1) is 16.8. The standard InChI is InChI=1S/C18H22N6O2/c25-16-4-1-8-24(16)9-7-21-18-22-11-13(14-12-19-5-6-20-14)17(23-18)15-3-2-10-26-15/h5-6,11-12,15H,1-4,7-10H2,(H,21,22,23)/t15-/m0/s1. The van der Waals surface area contributed by atoms with Gasteiger partial charge in [0.25, 0.3) is 0 Å². The van der Waals surface area contributed by atoms with E-state index in [-0.39, 0.29) is 12.0 Å². The second kappa shape index (κ2) is 7.74. The van der Waals surface area contributed by atoms with Gasteiger partial charge in [-0.2, -0.15) is 0 Å². The number of nitrogens with zero attached hydrogens (tertiary/aromatic N) is 5. The summed E-state index contributed by atoms with van der Waals surface area (Å²) < 4.78 is 5.84. The molecule has 1 atom stereocenters. The number of likely N-dealkylation sites (tertiary alicyclic amines) is 1. The molecule has 1 N–H and O–H groups in total. The maximum absolute atomic E-state index is 11.7. The number of amides is 1. The Bertz CT molecular complexity index is 764. The van der Waals surface area contributed by atoms with Gasteiger partial charge < -0.3 is 15.0 Å². The lowest BCUT2D eigenvalue weighted by Crippen LogP contribution is -2.30. The normalized spacial score (nSPS) is 19.9. The Kier molecular flexibility index (Phi) is 5.01. The van der Waals surface area contributed by atoms with Gasteiger partial charge in [-0.25, -0.2) is 9.97 Å². The first-order valence-electron chi connectivity index (χ1n) is 9.08. The van der Waals surface area contributed by atoms with Crippen molar-refractivity contribution in [3.8, 4) is 11.3 Å². The van der Waals surface area contributed by atoms with Gasteiger partial charge in [-0.1, -0.05) is 0 Å². The largest absolute Gasteiger partial charge is 0.372 e. The van der Waals surface area contributed by atoms with Gasteiger partial charge in [0, 0.05) is 56.8 Å². The minimum Gasteiger partial charge on any atom is -0.372 e. The third kappa shape index (κ3) is 3.65. The molecule has 0 unspecified atom stereocenters. The number of rotatable bonds is 6. The zero-order valence-electron chi connectivity index (χ0n) is 14.6. The quantitative estimate of drug-likeness (QED) is 0.846. The molecule has 2 aliphatic rings. The van der Waals surface area contributed by atoms with Crippen LogP contribution in [0.2, 0.25) is 0 Å². The fraction of sp³-hybridized carbons (Fsp3) is 0.500. The van der Waals surface area contributed by atoms with Crippen molar-refractivity contribution in [2.75, 3.05) is 31.6 Å². The maximum atomic E-state index is 11.7. The van der Waals surface area contributed by atoms with Crippen molar-refractivity contribution in [1.82, 2.24) is 24.8 Å². The minimum absolute atomic E-state index is 0.0456. The van der Waals surface area contributed by atoms with E-state index in [0.717, 1.165) is 49.4 Å². The highest BCUT2D eigenvalue weighted by molar-refractivity contribution is 5.78. The first-order chi connectivity index (χ1) is 12.8. The molecule has 0 radical (unpaired) electrons. The monoisotopic (exact) mass is 354 g/mol. The molecule has 136 valence electrons. The zero-order valence-corrected chi connectivity index (χ0v) is 14.6. The van der Waals surface area contributed by atoms with Gasteiger partial charge >= 0.3 is 0 Å². The lowest BCUT2D eigenvalue weighted by atomic mass is 10.1. The fourth-order valence-electron chi connectivity index (χ4n) is 3.40. The molecule has 4 rings (SSSR count). The molecule has 0 aromatic carbocycles. The topological polar surface area (TPSA) is 93.1 Å². The first-order valence-corrected chi connectivity index (χ1v) is 9.08. The van der Waals surface area contributed by atoms with Crippen LogP contribution in [0.1, 0.15) is 37.5 Å². The molecular weight excluding hydrogens is 332 g/mol. The minimum atomic E-state index is -0.0456. The van der Waals surface area contributed by atoms with Gasteiger partial charge in [-0.05, 0) is 19.3 Å². The molecule has 8 nitrogen and oxygen atoms in total. The van der Waals surface area contributed by atoms with Crippen LogP contribution in [0.15, 0.2) is 24.8 Å². The van der Waals surface area contributed by atoms with E-state index in [0.29, 0.717) is 25.5 Å². The van der Waals surface area contributed by atoms with Crippen molar-refractivity contribution in [2.24, 2.45) is 0 Å². The number of carbonyl (C=O) groups is 1. The average molecular weight is 354 g/mol. The number of carbonyl (C=O) groups excluding carboxylic acids is 1. The number of ether oxygens (including phenoxy) is 1. The van der Waals surface area contributed by atoms with Crippen LogP contribution in [0.25, 0.3) is 11.3 Å². The maximum Gasteiger partial charge on any atom is 0.223 e. The van der Waals surface area contributed by atoms with Gasteiger partial charge in [0.1, 0.15) is 6.10 Å². The summed E-state index contributed by atoms with van der Waals surface area (Å²) in [5, 5.41) is 3.23. The van der Waals surface area contributed by atoms with E-state index in [1.54, 1.807) is 24.8 Å². The third-order valence-electron chi connectivity index (χ3n) is 4.73. The summed E-state index contributed by atoms with van der Waals surface area (Å²) in [7, 11) is 0. The molecular formula is C18H22N6O2. The molecule has 8 heteroatoms. The van der Waals surface area contributed by atoms with Crippen molar-refractivity contribution >= 4 is 11.9 Å². The summed E-state index contributed by atoms with van der Waals surface area (Å²) in [4.78, 5) is 31.2. The third-order valence-corrected chi connectivity index (χ3v) is 4.73. The van der Waals surface area contributed by atoms with Crippen LogP contribution >= 0.6 is 0 Å². The fourth-order valence-corrected chi connectivity index (χ4v) is 3.40. The smallest absolute Gasteiger partial charge is 0.223 e. The molecule has 26 heavy (non-hydrogen) atoms. The van der Waals surface area contributed by atoms with Crippen molar-refractivity contribution in [1.29, 1.82) is 0 Å². The van der Waals surface area contributed by atoms with Gasteiger partial charge in [0.2, 0.25) is 11.9 Å². The molecule has 2 saturated heterocycles. The summed E-state index contributed by atoms with van der Waals surface area (Å²) in [6, 6.07) is 0. The Labute approximate surface area is 152 Å². The molecule has 0 aliphatic carbocycles. The van der Waals surface area contributed by atoms with E-state index >= 15 is 0 Å². The van der Waals surface area contributed by atoms with E-state index in [1.165, 1.54) is 0 Å². The summed E-state index contributed by atoms with van der Waals surface area (Å²) in [6.07, 6.45) is 10.3. The lowest BCUT2D eigenvalue weighted by Gasteiger charge is -2.17. The molecule has 0 spiro atoms. The number of nitrogens with one attached hydrogen (secondary N) is 1. The number of hydrogen-bond donors (Lipinski definition) is 1. The van der Waals surface area contributed by atoms with Crippen LogP contribution in [0, 0.1) is 0 Å². The predicted molar refractivity (Wildman–Crippen MR) is 95.3 cm³/mol. The van der Waals surface area contributed by atoms with Gasteiger partial charge in [-0.3, -0.25) is 14.8 Å². The predicted octanol–water partition coefficient (Wildman–Crippen LogP) is 1.82. The van der Waals surface area contributed by atoms with Crippen LogP contribution < -0.4 is 5.32 Å². The summed E-state index contributed by atoms with van der Waals surface area (Å²) in [5.74, 6) is 0.778. The van der Waals surface area contributed by atoms with Gasteiger partial charge in [0.05, 0.1) is 17.6 Å². The highest BCUT2D eigenvalue weighted by Crippen LogP contribution is 2.33. The molecule has 2 aromatic heterocycles. The van der Waals surface area contributed by atoms with E-state index in [1.807, 2.05) is 4.90 Å². The second-order valence-corrected chi connectivity index (χ2v) is 6.50. The van der Waals surface area contributed by atoms with Crippen molar-refractivity contribution in [2.45, 2.75) is 31.8 Å². The van der Waals surface area contributed by atoms with Crippen LogP contribution in [0.5, 0.6) is 0 Å². The highest BCUT2D eigenvalue weighted by Gasteiger charge is 2.24. The molecule has 1 amide bonds. The van der Waals surface area contributed by atoms with Crippen molar-refractivity contribution < 1.29 is 9.53 Å². The molecule has 2 aromatic rings. The molecule has 0 bridgehead atoms. The Balaban J connectivity index is 1.51. The average Bonchev–Trinajstić information content (AvgIpc) is 3.35. The highest BCUT2D eigenvalue weighted by atomic mass is 16.5. The van der Waals surface area contributed by atoms with Crippen LogP contribution in [0.4, 0.5) is 5.95 Å². The molecule has 2 fully saturated rings. The van der Waals surface area contributed by atoms with Gasteiger partial charge in [0.15, 0.2) is 0 Å². The number of anilines is 1. The van der Waals surface area contributed by atoms with E-state index in [9.17, 15) is 4.79 Å². The Hall–Kier alpha value is -2.61. The van der Waals surface area contributed by atoms with E-state index < -0.39 is 0 Å². The SMILES string of the molecule is O=C1CCCN1CCNc1ncc(-c2cnccn2)c([C@@H]2CCCO2)n1. The van der Waals surface area contributed by atoms with Crippen molar-refractivity contribution in [3.63, 3.8) is 0 Å². The van der Waals surface area contributed by atoms with Crippen molar-refractivity contribution in [3.05, 3.63) is 30.5 Å². The summed E-state index contributed by atoms with van der Waals surface area (Å²) in [5.41, 5.74) is 2.44. The molecule has 2 aliphatic heterocycles. The number of hydrogen-bond acceptors (Lipinski definition) is 7. The Morgan fingerprint density at radius 1 is 1.23 bits per heavy atom. The Morgan fingerprint density at radius 2 is 2.19 bits per heavy atom. The lowest BCUT2D eigenvalue weighted by molar-refractivity contribution is -0.127. The second-order valence-electron chi connectivity index (χ2n) is 6.50. The van der Waals surface area contributed by atoms with Gasteiger partial charge in [-0.15, -0.1) is 0 Å². The van der Waals surface area contributed by atoms with E-state index in [4.69, 9.17) is 9.72 Å². The van der Waals surface area contributed by atoms with Crippen LogP contribution in [0.3, 0.4) is 0 Å². The number of aromatic nitrogens is 4. The zero-order chi connectivity index (χ0) is 17.8. The summed E-state index contributed by atoms with van der Waals surface area (Å²) in [6.45, 7) is 2.88. The Morgan fingerprint density at radius 3 is 2.92 bits per heavy atom. The van der Waals surface area contributed by atoms with Crippen LogP contribution in [-0.4, -0.2) is 57.0 Å². The molecule has 4 heterocycles. The van der Waals surface area contributed by atoms with Crippen LogP contribution in [-0.2, 0) is 9.53 Å². The summed E-state index contributed by atoms with van der Waals surface area (Å²) >= 11 is 0. The van der Waals surface area contributed by atoms with E-state index in [2.05, 4.69) is 20.3 Å². The molecule has 0 saturated carbocycles.